The second-order valence-electron chi connectivity index (χ2n) is 17.4. The molecule has 0 aliphatic heterocycles. The zero-order valence-electron chi connectivity index (χ0n) is 34.5. The van der Waals surface area contributed by atoms with Gasteiger partial charge in [0, 0.05) is 49.3 Å². The van der Waals surface area contributed by atoms with Crippen LogP contribution in [-0.2, 0) is 5.41 Å². The van der Waals surface area contributed by atoms with Crippen molar-refractivity contribution in [3.05, 3.63) is 212 Å². The van der Waals surface area contributed by atoms with Crippen LogP contribution in [0.1, 0.15) is 26.3 Å². The Balaban J connectivity index is 1.10. The van der Waals surface area contributed by atoms with E-state index in [1.807, 2.05) is 0 Å². The molecule has 0 amide bonds. The molecule has 0 N–H and O–H groups in total. The molecule has 0 fully saturated rings. The number of rotatable bonds is 5. The lowest BCUT2D eigenvalue weighted by molar-refractivity contribution is 0.590. The lowest BCUT2D eigenvalue weighted by atomic mass is 9.86. The molecule has 0 bridgehead atoms. The molecular weight excluding hydrogens is 739 g/mol. The number of nitrogens with zero attached hydrogens (tertiary/aromatic N) is 3. The molecule has 290 valence electrons. The summed E-state index contributed by atoms with van der Waals surface area (Å²) in [5.74, 6) is 0. The van der Waals surface area contributed by atoms with Gasteiger partial charge in [-0.25, -0.2) is 0 Å². The Morgan fingerprint density at radius 1 is 0.311 bits per heavy atom. The van der Waals surface area contributed by atoms with Gasteiger partial charge in [0.15, 0.2) is 0 Å². The maximum atomic E-state index is 2.51. The third-order valence-electron chi connectivity index (χ3n) is 12.8. The highest BCUT2D eigenvalue weighted by Gasteiger charge is 2.23. The highest BCUT2D eigenvalue weighted by Crippen LogP contribution is 2.44. The van der Waals surface area contributed by atoms with Crippen molar-refractivity contribution in [3.8, 4) is 39.3 Å². The van der Waals surface area contributed by atoms with E-state index in [1.54, 1.807) is 0 Å². The number of hydrogen-bond acceptors (Lipinski definition) is 0. The minimum absolute atomic E-state index is 0.126. The van der Waals surface area contributed by atoms with Gasteiger partial charge in [0.05, 0.1) is 38.8 Å². The summed E-state index contributed by atoms with van der Waals surface area (Å²) in [7, 11) is 0. The maximum Gasteiger partial charge on any atom is 0.0789 e. The zero-order chi connectivity index (χ0) is 40.8. The summed E-state index contributed by atoms with van der Waals surface area (Å²) in [6, 6.07) is 76.0. The highest BCUT2D eigenvalue weighted by molar-refractivity contribution is 6.24. The van der Waals surface area contributed by atoms with E-state index in [0.717, 1.165) is 17.1 Å². The second kappa shape index (κ2) is 13.5. The fourth-order valence-corrected chi connectivity index (χ4v) is 9.89. The van der Waals surface area contributed by atoms with Gasteiger partial charge in [0.25, 0.3) is 0 Å². The first-order valence-corrected chi connectivity index (χ1v) is 21.3. The van der Waals surface area contributed by atoms with E-state index in [2.05, 4.69) is 241 Å². The second-order valence-corrected chi connectivity index (χ2v) is 17.4. The zero-order valence-corrected chi connectivity index (χ0v) is 34.5. The van der Waals surface area contributed by atoms with Gasteiger partial charge in [0.1, 0.15) is 0 Å². The largest absolute Gasteiger partial charge is 0.309 e. The molecule has 61 heavy (non-hydrogen) atoms. The van der Waals surface area contributed by atoms with Crippen molar-refractivity contribution >= 4 is 65.4 Å². The number of aromatic nitrogens is 3. The van der Waals surface area contributed by atoms with Crippen molar-refractivity contribution in [1.82, 2.24) is 13.7 Å². The van der Waals surface area contributed by atoms with Crippen LogP contribution in [0.3, 0.4) is 0 Å². The quantitative estimate of drug-likeness (QED) is 0.165. The van der Waals surface area contributed by atoms with Crippen molar-refractivity contribution in [1.29, 1.82) is 0 Å². The molecule has 3 heteroatoms. The number of hydrogen-bond donors (Lipinski definition) is 0. The molecule has 0 saturated carbocycles. The monoisotopic (exact) mass is 781 g/mol. The third-order valence-corrected chi connectivity index (χ3v) is 12.8. The standard InChI is InChI=1S/C58H43N3/c1-58(2,3)41-29-25-38(26-30-41)39-27-31-42(32-28-39)59-52-22-12-10-20-47(52)50-37-43(33-36-55(50)59)60-53-23-13-8-18-45(53)48-34-35-49-46-19-9-14-24-54(46)61(57(49)56(48)60)51-21-11-7-17-44(51)40-15-5-4-6-16-40/h4-37H,1-3H3. The van der Waals surface area contributed by atoms with E-state index in [1.165, 1.54) is 93.2 Å². The van der Waals surface area contributed by atoms with E-state index >= 15 is 0 Å². The molecule has 3 nitrogen and oxygen atoms in total. The summed E-state index contributed by atoms with van der Waals surface area (Å²) in [4.78, 5) is 0. The molecule has 3 aromatic heterocycles. The average Bonchev–Trinajstić information content (AvgIpc) is 3.95. The first-order valence-electron chi connectivity index (χ1n) is 21.3. The Morgan fingerprint density at radius 2 is 0.787 bits per heavy atom. The minimum atomic E-state index is 0.126. The summed E-state index contributed by atoms with van der Waals surface area (Å²) >= 11 is 0. The molecule has 12 rings (SSSR count). The average molecular weight is 782 g/mol. The van der Waals surface area contributed by atoms with Crippen LogP contribution in [0.25, 0.3) is 105 Å². The van der Waals surface area contributed by atoms with E-state index in [0.29, 0.717) is 0 Å². The Morgan fingerprint density at radius 3 is 1.43 bits per heavy atom. The van der Waals surface area contributed by atoms with Gasteiger partial charge in [-0.1, -0.05) is 172 Å². The Kier molecular flexibility index (Phi) is 7.79. The molecule has 0 unspecified atom stereocenters. The summed E-state index contributed by atoms with van der Waals surface area (Å²) in [5, 5.41) is 7.41. The van der Waals surface area contributed by atoms with Crippen LogP contribution >= 0.6 is 0 Å². The van der Waals surface area contributed by atoms with Gasteiger partial charge in [-0.05, 0) is 82.3 Å². The van der Waals surface area contributed by atoms with Crippen LogP contribution in [0.5, 0.6) is 0 Å². The van der Waals surface area contributed by atoms with Crippen molar-refractivity contribution in [3.63, 3.8) is 0 Å². The summed E-state index contributed by atoms with van der Waals surface area (Å²) in [5.41, 5.74) is 16.9. The Hall–Kier alpha value is -7.62. The number of fused-ring (bicyclic) bond motifs is 10. The fraction of sp³-hybridized carbons (Fsp3) is 0.0690. The van der Waals surface area contributed by atoms with Crippen LogP contribution < -0.4 is 0 Å². The summed E-state index contributed by atoms with van der Waals surface area (Å²) < 4.78 is 7.44. The molecule has 0 spiro atoms. The van der Waals surface area contributed by atoms with Crippen molar-refractivity contribution in [2.75, 3.05) is 0 Å². The molecule has 9 aromatic carbocycles. The van der Waals surface area contributed by atoms with Crippen molar-refractivity contribution < 1.29 is 0 Å². The summed E-state index contributed by atoms with van der Waals surface area (Å²) in [6.07, 6.45) is 0. The van der Waals surface area contributed by atoms with Gasteiger partial charge in [-0.3, -0.25) is 0 Å². The fourth-order valence-electron chi connectivity index (χ4n) is 9.89. The van der Waals surface area contributed by atoms with E-state index < -0.39 is 0 Å². The summed E-state index contributed by atoms with van der Waals surface area (Å²) in [6.45, 7) is 6.79. The molecule has 3 heterocycles. The predicted octanol–water partition coefficient (Wildman–Crippen LogP) is 15.6. The van der Waals surface area contributed by atoms with Crippen LogP contribution in [-0.4, -0.2) is 13.7 Å². The van der Waals surface area contributed by atoms with Crippen molar-refractivity contribution in [2.24, 2.45) is 0 Å². The molecule has 0 saturated heterocycles. The lowest BCUT2D eigenvalue weighted by Crippen LogP contribution is -2.10. The Bertz CT molecular complexity index is 3650. The van der Waals surface area contributed by atoms with Crippen LogP contribution in [0, 0.1) is 0 Å². The van der Waals surface area contributed by atoms with E-state index in [-0.39, 0.29) is 5.41 Å². The van der Waals surface area contributed by atoms with Crippen molar-refractivity contribution in [2.45, 2.75) is 26.2 Å². The normalized spacial score (nSPS) is 12.2. The van der Waals surface area contributed by atoms with Crippen LogP contribution in [0.4, 0.5) is 0 Å². The molecular formula is C58H43N3. The Labute approximate surface area is 355 Å². The first-order chi connectivity index (χ1) is 29.9. The van der Waals surface area contributed by atoms with Gasteiger partial charge in [0.2, 0.25) is 0 Å². The van der Waals surface area contributed by atoms with Gasteiger partial charge >= 0.3 is 0 Å². The number of benzene rings is 9. The van der Waals surface area contributed by atoms with Crippen LogP contribution in [0.15, 0.2) is 206 Å². The molecule has 12 aromatic rings. The minimum Gasteiger partial charge on any atom is -0.309 e. The van der Waals surface area contributed by atoms with E-state index in [9.17, 15) is 0 Å². The number of para-hydroxylation sites is 4. The van der Waals surface area contributed by atoms with E-state index in [4.69, 9.17) is 0 Å². The van der Waals surface area contributed by atoms with Crippen LogP contribution in [0.2, 0.25) is 0 Å². The maximum absolute atomic E-state index is 2.51. The molecule has 0 radical (unpaired) electrons. The SMILES string of the molecule is CC(C)(C)c1ccc(-c2ccc(-n3c4ccccc4c4cc(-n5c6ccccc6c6ccc7c8ccccc8n(-c8ccccc8-c8ccccc8)c7c65)ccc43)cc2)cc1. The first kappa shape index (κ1) is 35.3. The van der Waals surface area contributed by atoms with Gasteiger partial charge < -0.3 is 13.7 Å². The highest BCUT2D eigenvalue weighted by atomic mass is 15.0. The smallest absolute Gasteiger partial charge is 0.0789 e. The molecule has 0 aliphatic carbocycles. The third kappa shape index (κ3) is 5.44. The van der Waals surface area contributed by atoms with Gasteiger partial charge in [-0.15, -0.1) is 0 Å². The van der Waals surface area contributed by atoms with Gasteiger partial charge in [-0.2, -0.15) is 0 Å². The lowest BCUT2D eigenvalue weighted by Gasteiger charge is -2.19. The predicted molar refractivity (Wildman–Crippen MR) is 259 cm³/mol. The topological polar surface area (TPSA) is 14.8 Å². The molecule has 0 aliphatic rings. The molecule has 0 atom stereocenters.